The van der Waals surface area contributed by atoms with Gasteiger partial charge in [0.1, 0.15) is 6.61 Å². The maximum Gasteiger partial charge on any atom is 0.213 e. The monoisotopic (exact) mass is 197 g/mol. The number of piperidine rings is 1. The molecule has 0 saturated carbocycles. The Morgan fingerprint density at radius 3 is 3.07 bits per heavy atom. The van der Waals surface area contributed by atoms with E-state index >= 15 is 0 Å². The molecule has 1 fully saturated rings. The van der Waals surface area contributed by atoms with Crippen molar-refractivity contribution < 1.29 is 9.26 Å². The number of nitrogens with zero attached hydrogens (tertiary/aromatic N) is 2. The van der Waals surface area contributed by atoms with Crippen LogP contribution in [0.15, 0.2) is 10.9 Å². The SMILES string of the molecule is c1nc(COCC2CCNCC2)no1. The van der Waals surface area contributed by atoms with Crippen molar-refractivity contribution in [1.82, 2.24) is 15.5 Å². The molecule has 0 amide bonds. The Labute approximate surface area is 82.8 Å². The summed E-state index contributed by atoms with van der Waals surface area (Å²) in [6.07, 6.45) is 3.72. The predicted molar refractivity (Wildman–Crippen MR) is 49.5 cm³/mol. The molecule has 0 radical (unpaired) electrons. The van der Waals surface area contributed by atoms with Crippen molar-refractivity contribution in [1.29, 1.82) is 0 Å². The Morgan fingerprint density at radius 2 is 2.36 bits per heavy atom. The first-order chi connectivity index (χ1) is 6.95. The smallest absolute Gasteiger partial charge is 0.213 e. The van der Waals surface area contributed by atoms with Crippen molar-refractivity contribution in [2.24, 2.45) is 5.92 Å². The van der Waals surface area contributed by atoms with Gasteiger partial charge in [-0.05, 0) is 31.8 Å². The Hall–Kier alpha value is -0.940. The van der Waals surface area contributed by atoms with Crippen LogP contribution in [0.4, 0.5) is 0 Å². The van der Waals surface area contributed by atoms with Crippen molar-refractivity contribution >= 4 is 0 Å². The summed E-state index contributed by atoms with van der Waals surface area (Å²) in [6, 6.07) is 0. The number of nitrogens with one attached hydrogen (secondary N) is 1. The van der Waals surface area contributed by atoms with Gasteiger partial charge in [-0.15, -0.1) is 0 Å². The molecule has 0 spiro atoms. The lowest BCUT2D eigenvalue weighted by molar-refractivity contribution is 0.0711. The first-order valence-corrected chi connectivity index (χ1v) is 4.99. The molecule has 1 aliphatic heterocycles. The number of ether oxygens (including phenoxy) is 1. The van der Waals surface area contributed by atoms with E-state index in [1.165, 1.54) is 19.2 Å². The maximum atomic E-state index is 5.50. The second-order valence-electron chi connectivity index (χ2n) is 3.56. The van der Waals surface area contributed by atoms with Gasteiger partial charge in [0, 0.05) is 0 Å². The normalized spacial score (nSPS) is 18.6. The molecule has 1 saturated heterocycles. The van der Waals surface area contributed by atoms with Gasteiger partial charge in [0.25, 0.3) is 0 Å². The summed E-state index contributed by atoms with van der Waals surface area (Å²) in [5, 5.41) is 7.00. The highest BCUT2D eigenvalue weighted by atomic mass is 16.5. The topological polar surface area (TPSA) is 60.2 Å². The van der Waals surface area contributed by atoms with Gasteiger partial charge in [0.15, 0.2) is 5.82 Å². The zero-order valence-corrected chi connectivity index (χ0v) is 8.11. The molecule has 0 aromatic carbocycles. The lowest BCUT2D eigenvalue weighted by Crippen LogP contribution is -2.29. The molecule has 1 aromatic rings. The zero-order valence-electron chi connectivity index (χ0n) is 8.11. The number of aromatic nitrogens is 2. The second-order valence-corrected chi connectivity index (χ2v) is 3.56. The summed E-state index contributed by atoms with van der Waals surface area (Å²) in [5.74, 6) is 1.31. The van der Waals surface area contributed by atoms with Crippen LogP contribution in [0.3, 0.4) is 0 Å². The van der Waals surface area contributed by atoms with Crippen molar-refractivity contribution in [3.05, 3.63) is 12.2 Å². The molecule has 1 N–H and O–H groups in total. The number of rotatable bonds is 4. The first-order valence-electron chi connectivity index (χ1n) is 4.99. The molecular formula is C9H15N3O2. The summed E-state index contributed by atoms with van der Waals surface area (Å²) in [7, 11) is 0. The first kappa shape index (κ1) is 9.61. The van der Waals surface area contributed by atoms with Crippen LogP contribution in [0.25, 0.3) is 0 Å². The number of hydrogen-bond donors (Lipinski definition) is 1. The van der Waals surface area contributed by atoms with Crippen LogP contribution in [0, 0.1) is 5.92 Å². The predicted octanol–water partition coefficient (Wildman–Crippen LogP) is 0.586. The summed E-state index contributed by atoms with van der Waals surface area (Å²) < 4.78 is 10.1. The van der Waals surface area contributed by atoms with Gasteiger partial charge < -0.3 is 14.6 Å². The minimum absolute atomic E-state index is 0.459. The van der Waals surface area contributed by atoms with Crippen LogP contribution in [-0.4, -0.2) is 29.8 Å². The lowest BCUT2D eigenvalue weighted by atomic mass is 9.99. The van der Waals surface area contributed by atoms with E-state index in [1.807, 2.05) is 0 Å². The van der Waals surface area contributed by atoms with Crippen LogP contribution < -0.4 is 5.32 Å². The van der Waals surface area contributed by atoms with Gasteiger partial charge in [-0.3, -0.25) is 0 Å². The standard InChI is InChI=1S/C9H15N3O2/c1-3-10-4-2-8(1)5-13-6-9-11-7-14-12-9/h7-8,10H,1-6H2. The highest BCUT2D eigenvalue weighted by Crippen LogP contribution is 2.12. The molecule has 0 atom stereocenters. The molecule has 2 heterocycles. The molecule has 1 aromatic heterocycles. The third-order valence-corrected chi connectivity index (χ3v) is 2.45. The Bertz CT molecular complexity index is 245. The minimum atomic E-state index is 0.459. The van der Waals surface area contributed by atoms with Gasteiger partial charge in [-0.2, -0.15) is 4.98 Å². The molecule has 1 aliphatic rings. The van der Waals surface area contributed by atoms with Gasteiger partial charge in [-0.25, -0.2) is 0 Å². The Morgan fingerprint density at radius 1 is 1.50 bits per heavy atom. The lowest BCUT2D eigenvalue weighted by Gasteiger charge is -2.21. The largest absolute Gasteiger partial charge is 0.373 e. The summed E-state index contributed by atoms with van der Waals surface area (Å²) in [5.41, 5.74) is 0. The van der Waals surface area contributed by atoms with Crippen LogP contribution in [0.2, 0.25) is 0 Å². The maximum absolute atomic E-state index is 5.50. The van der Waals surface area contributed by atoms with E-state index in [-0.39, 0.29) is 0 Å². The quantitative estimate of drug-likeness (QED) is 0.765. The fourth-order valence-electron chi connectivity index (χ4n) is 1.62. The van der Waals surface area contributed by atoms with Crippen molar-refractivity contribution in [3.63, 3.8) is 0 Å². The molecule has 78 valence electrons. The van der Waals surface area contributed by atoms with E-state index in [0.29, 0.717) is 18.3 Å². The zero-order chi connectivity index (χ0) is 9.64. The summed E-state index contributed by atoms with van der Waals surface area (Å²) in [6.45, 7) is 3.48. The molecule has 0 unspecified atom stereocenters. The highest BCUT2D eigenvalue weighted by molar-refractivity contribution is 4.73. The van der Waals surface area contributed by atoms with Crippen LogP contribution in [0.5, 0.6) is 0 Å². The van der Waals surface area contributed by atoms with E-state index in [9.17, 15) is 0 Å². The van der Waals surface area contributed by atoms with Gasteiger partial charge in [0.2, 0.25) is 6.39 Å². The molecular weight excluding hydrogens is 182 g/mol. The summed E-state index contributed by atoms with van der Waals surface area (Å²) >= 11 is 0. The van der Waals surface area contributed by atoms with Crippen LogP contribution in [-0.2, 0) is 11.3 Å². The third kappa shape index (κ3) is 2.78. The highest BCUT2D eigenvalue weighted by Gasteiger charge is 2.13. The van der Waals surface area contributed by atoms with Gasteiger partial charge in [0.05, 0.1) is 6.61 Å². The van der Waals surface area contributed by atoms with Crippen molar-refractivity contribution in [2.45, 2.75) is 19.4 Å². The van der Waals surface area contributed by atoms with E-state index in [1.54, 1.807) is 0 Å². The van der Waals surface area contributed by atoms with E-state index in [2.05, 4.69) is 20.0 Å². The van der Waals surface area contributed by atoms with E-state index in [4.69, 9.17) is 4.74 Å². The van der Waals surface area contributed by atoms with Crippen molar-refractivity contribution in [3.8, 4) is 0 Å². The number of hydrogen-bond acceptors (Lipinski definition) is 5. The molecule has 2 rings (SSSR count). The Kier molecular flexibility index (Phi) is 3.48. The van der Waals surface area contributed by atoms with E-state index in [0.717, 1.165) is 19.7 Å². The second kappa shape index (κ2) is 5.07. The fraction of sp³-hybridized carbons (Fsp3) is 0.778. The van der Waals surface area contributed by atoms with Gasteiger partial charge in [-0.1, -0.05) is 5.16 Å². The van der Waals surface area contributed by atoms with Crippen LogP contribution in [0.1, 0.15) is 18.7 Å². The molecule has 5 nitrogen and oxygen atoms in total. The third-order valence-electron chi connectivity index (χ3n) is 2.45. The fourth-order valence-corrected chi connectivity index (χ4v) is 1.62. The average molecular weight is 197 g/mol. The molecule has 0 bridgehead atoms. The summed E-state index contributed by atoms with van der Waals surface area (Å²) in [4.78, 5) is 3.88. The van der Waals surface area contributed by atoms with Crippen molar-refractivity contribution in [2.75, 3.05) is 19.7 Å². The minimum Gasteiger partial charge on any atom is -0.373 e. The van der Waals surface area contributed by atoms with Crippen LogP contribution >= 0.6 is 0 Å². The Balaban J connectivity index is 1.62. The van der Waals surface area contributed by atoms with Gasteiger partial charge >= 0.3 is 0 Å². The molecule has 5 heteroatoms. The molecule has 0 aliphatic carbocycles. The molecule has 14 heavy (non-hydrogen) atoms. The average Bonchev–Trinajstić information content (AvgIpc) is 2.72. The van der Waals surface area contributed by atoms with E-state index < -0.39 is 0 Å².